The molecule has 0 amide bonds. The highest BCUT2D eigenvalue weighted by atomic mass is 32.1. The van der Waals surface area contributed by atoms with Gasteiger partial charge in [-0.1, -0.05) is 0 Å². The fourth-order valence-electron chi connectivity index (χ4n) is 1.47. The lowest BCUT2D eigenvalue weighted by Crippen LogP contribution is -2.11. The molecule has 112 valence electrons. The Morgan fingerprint density at radius 1 is 1.20 bits per heavy atom. The highest BCUT2D eigenvalue weighted by molar-refractivity contribution is 7.13. The van der Waals surface area contributed by atoms with Gasteiger partial charge in [-0.3, -0.25) is 9.59 Å². The molecule has 7 heteroatoms. The van der Waals surface area contributed by atoms with Gasteiger partial charge in [-0.2, -0.15) is 0 Å². The third-order valence-corrected chi connectivity index (χ3v) is 3.20. The van der Waals surface area contributed by atoms with Gasteiger partial charge in [0.15, 0.2) is 5.13 Å². The first-order chi connectivity index (χ1) is 9.65. The number of nitrogens with zero attached hydrogens (tertiary/aromatic N) is 1. The lowest BCUT2D eigenvalue weighted by molar-refractivity contribution is -0.143. The van der Waals surface area contributed by atoms with Gasteiger partial charge in [-0.15, -0.1) is 11.3 Å². The van der Waals surface area contributed by atoms with Crippen molar-refractivity contribution >= 4 is 28.4 Å². The van der Waals surface area contributed by atoms with E-state index >= 15 is 0 Å². The number of carbonyl (C=O) groups is 2. The topological polar surface area (TPSA) is 77.5 Å². The third-order valence-electron chi connectivity index (χ3n) is 2.35. The number of rotatable bonds is 9. The summed E-state index contributed by atoms with van der Waals surface area (Å²) in [5.41, 5.74) is 0.849. The highest BCUT2D eigenvalue weighted by Crippen LogP contribution is 2.16. The number of thiazole rings is 1. The van der Waals surface area contributed by atoms with Gasteiger partial charge in [-0.25, -0.2) is 4.98 Å². The summed E-state index contributed by atoms with van der Waals surface area (Å²) in [7, 11) is 0. The molecule has 0 bridgehead atoms. The largest absolute Gasteiger partial charge is 0.466 e. The molecule has 1 rings (SSSR count). The fraction of sp³-hybridized carbons (Fsp3) is 0.615. The van der Waals surface area contributed by atoms with Crippen LogP contribution in [0.4, 0.5) is 5.13 Å². The van der Waals surface area contributed by atoms with Crippen LogP contribution in [0.1, 0.15) is 32.4 Å². The van der Waals surface area contributed by atoms with Gasteiger partial charge in [-0.05, 0) is 13.8 Å². The Hall–Kier alpha value is -1.63. The van der Waals surface area contributed by atoms with E-state index in [0.717, 1.165) is 10.8 Å². The number of carbonyl (C=O) groups excluding carboxylic acids is 2. The molecule has 0 atom stereocenters. The van der Waals surface area contributed by atoms with Crippen LogP contribution >= 0.6 is 11.3 Å². The van der Waals surface area contributed by atoms with Crippen LogP contribution in [-0.2, 0) is 25.5 Å². The van der Waals surface area contributed by atoms with Crippen molar-refractivity contribution in [3.8, 4) is 0 Å². The average Bonchev–Trinajstić information content (AvgIpc) is 2.85. The number of hydrogen-bond donors (Lipinski definition) is 1. The SMILES string of the molecule is CCOC(=O)CCNc1nc(CCC(=O)OCC)cs1. The van der Waals surface area contributed by atoms with Crippen LogP contribution in [-0.4, -0.2) is 36.7 Å². The van der Waals surface area contributed by atoms with E-state index in [9.17, 15) is 9.59 Å². The molecule has 0 radical (unpaired) electrons. The van der Waals surface area contributed by atoms with Crippen molar-refractivity contribution in [3.05, 3.63) is 11.1 Å². The van der Waals surface area contributed by atoms with E-state index in [4.69, 9.17) is 9.47 Å². The first kappa shape index (κ1) is 16.4. The summed E-state index contributed by atoms with van der Waals surface area (Å²) < 4.78 is 9.68. The van der Waals surface area contributed by atoms with Crippen LogP contribution in [0.3, 0.4) is 0 Å². The maximum Gasteiger partial charge on any atom is 0.307 e. The van der Waals surface area contributed by atoms with Crippen molar-refractivity contribution in [1.29, 1.82) is 0 Å². The number of hydrogen-bond acceptors (Lipinski definition) is 7. The Kier molecular flexibility index (Phi) is 7.64. The number of aryl methyl sites for hydroxylation is 1. The molecule has 0 unspecified atom stereocenters. The van der Waals surface area contributed by atoms with Gasteiger partial charge in [0.2, 0.25) is 0 Å². The fourth-order valence-corrected chi connectivity index (χ4v) is 2.24. The number of anilines is 1. The van der Waals surface area contributed by atoms with Crippen molar-refractivity contribution in [1.82, 2.24) is 4.98 Å². The van der Waals surface area contributed by atoms with E-state index in [1.165, 1.54) is 11.3 Å². The Bertz CT molecular complexity index is 434. The molecule has 0 aliphatic rings. The van der Waals surface area contributed by atoms with Gasteiger partial charge in [0.25, 0.3) is 0 Å². The van der Waals surface area contributed by atoms with Crippen molar-refractivity contribution in [3.63, 3.8) is 0 Å². The average molecular weight is 300 g/mol. The number of esters is 2. The Balaban J connectivity index is 2.25. The zero-order chi connectivity index (χ0) is 14.8. The molecule has 0 fully saturated rings. The zero-order valence-electron chi connectivity index (χ0n) is 11.8. The molecule has 1 aromatic heterocycles. The summed E-state index contributed by atoms with van der Waals surface area (Å²) in [6.45, 7) is 4.85. The van der Waals surface area contributed by atoms with E-state index < -0.39 is 0 Å². The molecule has 0 aliphatic heterocycles. The molecule has 20 heavy (non-hydrogen) atoms. The van der Waals surface area contributed by atoms with Crippen molar-refractivity contribution in [2.75, 3.05) is 25.1 Å². The molecule has 1 heterocycles. The molecule has 0 saturated heterocycles. The summed E-state index contributed by atoms with van der Waals surface area (Å²) in [5.74, 6) is -0.434. The van der Waals surface area contributed by atoms with Gasteiger partial charge in [0.1, 0.15) is 0 Å². The third kappa shape index (κ3) is 6.51. The minimum Gasteiger partial charge on any atom is -0.466 e. The first-order valence-electron chi connectivity index (χ1n) is 6.65. The van der Waals surface area contributed by atoms with E-state index in [2.05, 4.69) is 10.3 Å². The summed E-state index contributed by atoms with van der Waals surface area (Å²) in [6.07, 6.45) is 1.21. The lowest BCUT2D eigenvalue weighted by atomic mass is 10.2. The van der Waals surface area contributed by atoms with E-state index in [-0.39, 0.29) is 11.9 Å². The number of aromatic nitrogens is 1. The predicted molar refractivity (Wildman–Crippen MR) is 76.8 cm³/mol. The molecule has 0 aromatic carbocycles. The van der Waals surface area contributed by atoms with Crippen LogP contribution in [0.25, 0.3) is 0 Å². The molecular formula is C13H20N2O4S. The summed E-state index contributed by atoms with van der Waals surface area (Å²) in [6, 6.07) is 0. The summed E-state index contributed by atoms with van der Waals surface area (Å²) >= 11 is 1.45. The predicted octanol–water partition coefficient (Wildman–Crippen LogP) is 2.00. The smallest absolute Gasteiger partial charge is 0.307 e. The van der Waals surface area contributed by atoms with Crippen molar-refractivity contribution < 1.29 is 19.1 Å². The van der Waals surface area contributed by atoms with Crippen molar-refractivity contribution in [2.45, 2.75) is 33.1 Å². The maximum atomic E-state index is 11.2. The minimum atomic E-state index is -0.223. The molecule has 1 N–H and O–H groups in total. The van der Waals surface area contributed by atoms with Crippen LogP contribution in [0.2, 0.25) is 0 Å². The Morgan fingerprint density at radius 2 is 1.85 bits per heavy atom. The van der Waals surface area contributed by atoms with Crippen LogP contribution < -0.4 is 5.32 Å². The molecule has 1 aromatic rings. The van der Waals surface area contributed by atoms with E-state index in [0.29, 0.717) is 39.0 Å². The van der Waals surface area contributed by atoms with Crippen LogP contribution in [0.5, 0.6) is 0 Å². The molecule has 0 aliphatic carbocycles. The normalized spacial score (nSPS) is 10.1. The number of ether oxygens (including phenoxy) is 2. The zero-order valence-corrected chi connectivity index (χ0v) is 12.6. The quantitative estimate of drug-likeness (QED) is 0.703. The lowest BCUT2D eigenvalue weighted by Gasteiger charge is -2.02. The van der Waals surface area contributed by atoms with E-state index in [1.54, 1.807) is 13.8 Å². The van der Waals surface area contributed by atoms with Crippen molar-refractivity contribution in [2.24, 2.45) is 0 Å². The second-order valence-electron chi connectivity index (χ2n) is 3.93. The minimum absolute atomic E-state index is 0.211. The van der Waals surface area contributed by atoms with Crippen LogP contribution in [0, 0.1) is 0 Å². The second-order valence-corrected chi connectivity index (χ2v) is 4.79. The molecule has 0 saturated carbocycles. The first-order valence-corrected chi connectivity index (χ1v) is 7.53. The van der Waals surface area contributed by atoms with Crippen LogP contribution in [0.15, 0.2) is 5.38 Å². The van der Waals surface area contributed by atoms with Gasteiger partial charge in [0.05, 0.1) is 31.7 Å². The van der Waals surface area contributed by atoms with E-state index in [1.807, 2.05) is 5.38 Å². The molecule has 0 spiro atoms. The van der Waals surface area contributed by atoms with Gasteiger partial charge >= 0.3 is 11.9 Å². The summed E-state index contributed by atoms with van der Waals surface area (Å²) in [5, 5.41) is 5.70. The molecule has 6 nitrogen and oxygen atoms in total. The number of nitrogens with one attached hydrogen (secondary N) is 1. The second kappa shape index (κ2) is 9.30. The maximum absolute atomic E-state index is 11.2. The van der Waals surface area contributed by atoms with Gasteiger partial charge in [0, 0.05) is 18.3 Å². The molecular weight excluding hydrogens is 280 g/mol. The standard InChI is InChI=1S/C13H20N2O4S/c1-3-18-11(16)6-5-10-9-20-13(15-10)14-8-7-12(17)19-4-2/h9H,3-8H2,1-2H3,(H,14,15). The Labute approximate surface area is 122 Å². The Morgan fingerprint density at radius 3 is 2.50 bits per heavy atom. The van der Waals surface area contributed by atoms with Gasteiger partial charge < -0.3 is 14.8 Å². The monoisotopic (exact) mass is 300 g/mol. The summed E-state index contributed by atoms with van der Waals surface area (Å²) in [4.78, 5) is 26.7. The highest BCUT2D eigenvalue weighted by Gasteiger charge is 2.07.